The molecule has 2 aliphatic rings. The number of alkyl halides is 3. The van der Waals surface area contributed by atoms with Gasteiger partial charge in [0.25, 0.3) is 0 Å². The van der Waals surface area contributed by atoms with Crippen molar-refractivity contribution in [3.63, 3.8) is 0 Å². The van der Waals surface area contributed by atoms with Crippen molar-refractivity contribution in [1.29, 1.82) is 0 Å². The minimum atomic E-state index is -4.37. The molecular formula is C28H29F3N6. The number of imidazole rings is 1. The van der Waals surface area contributed by atoms with Gasteiger partial charge in [-0.3, -0.25) is 0 Å². The minimum Gasteiger partial charge on any atom is -0.368 e. The molecule has 1 saturated carbocycles. The van der Waals surface area contributed by atoms with Gasteiger partial charge in [0, 0.05) is 43.5 Å². The molecule has 1 aliphatic heterocycles. The summed E-state index contributed by atoms with van der Waals surface area (Å²) in [5.74, 6) is 1.45. The van der Waals surface area contributed by atoms with E-state index in [0.29, 0.717) is 16.9 Å². The molecule has 2 fully saturated rings. The second-order valence-electron chi connectivity index (χ2n) is 10.00. The minimum absolute atomic E-state index is 0.225. The number of halogens is 3. The van der Waals surface area contributed by atoms with Gasteiger partial charge in [-0.2, -0.15) is 13.2 Å². The predicted molar refractivity (Wildman–Crippen MR) is 139 cm³/mol. The Labute approximate surface area is 213 Å². The smallest absolute Gasteiger partial charge is 0.368 e. The lowest BCUT2D eigenvalue weighted by molar-refractivity contribution is -0.137. The largest absolute Gasteiger partial charge is 0.416 e. The van der Waals surface area contributed by atoms with Gasteiger partial charge in [0.05, 0.1) is 5.56 Å². The monoisotopic (exact) mass is 506 g/mol. The van der Waals surface area contributed by atoms with Crippen molar-refractivity contribution in [2.24, 2.45) is 0 Å². The van der Waals surface area contributed by atoms with E-state index >= 15 is 0 Å². The van der Waals surface area contributed by atoms with Crippen LogP contribution in [-0.2, 0) is 6.18 Å². The lowest BCUT2D eigenvalue weighted by Gasteiger charge is -2.36. The average Bonchev–Trinajstić information content (AvgIpc) is 3.57. The van der Waals surface area contributed by atoms with Crippen LogP contribution in [0.4, 0.5) is 24.7 Å². The summed E-state index contributed by atoms with van der Waals surface area (Å²) in [5.41, 5.74) is 3.93. The Bertz CT molecular complexity index is 1380. The summed E-state index contributed by atoms with van der Waals surface area (Å²) in [6.07, 6.45) is 1.48. The van der Waals surface area contributed by atoms with Crippen LogP contribution in [0.2, 0.25) is 0 Å². The predicted octanol–water partition coefficient (Wildman–Crippen LogP) is 6.26. The molecule has 192 valence electrons. The highest BCUT2D eigenvalue weighted by Gasteiger charge is 2.31. The summed E-state index contributed by atoms with van der Waals surface area (Å²) in [6.45, 7) is 5.41. The first-order valence-electron chi connectivity index (χ1n) is 12.9. The van der Waals surface area contributed by atoms with Gasteiger partial charge in [-0.15, -0.1) is 0 Å². The number of anilines is 2. The molecular weight excluding hydrogens is 477 g/mol. The number of aromatic nitrogens is 4. The van der Waals surface area contributed by atoms with Gasteiger partial charge in [0.1, 0.15) is 12.2 Å². The zero-order chi connectivity index (χ0) is 25.6. The number of benzene rings is 2. The standard InChI is InChI=1S/C28H29F3N6/c1-19-6-12-22(13-7-19)35-14-16-36(17-15-35)26-24-27(33-18-32-26)37(23-4-2-3-5-23)25(34-24)20-8-10-21(11-9-20)28(29,30)31/h6-13,18,23H,2-5,14-17H2,1H3. The molecule has 1 aliphatic carbocycles. The van der Waals surface area contributed by atoms with Crippen LogP contribution in [0.15, 0.2) is 54.9 Å². The lowest BCUT2D eigenvalue weighted by atomic mass is 10.1. The van der Waals surface area contributed by atoms with E-state index in [2.05, 4.69) is 55.5 Å². The third kappa shape index (κ3) is 4.51. The van der Waals surface area contributed by atoms with Crippen LogP contribution in [0, 0.1) is 6.92 Å². The van der Waals surface area contributed by atoms with Crippen molar-refractivity contribution in [2.45, 2.75) is 44.8 Å². The molecule has 1 saturated heterocycles. The van der Waals surface area contributed by atoms with Crippen molar-refractivity contribution in [2.75, 3.05) is 36.0 Å². The first-order valence-corrected chi connectivity index (χ1v) is 12.9. The third-order valence-corrected chi connectivity index (χ3v) is 7.60. The van der Waals surface area contributed by atoms with Crippen LogP contribution in [0.25, 0.3) is 22.6 Å². The second kappa shape index (κ2) is 9.36. The molecule has 0 amide bonds. The molecule has 37 heavy (non-hydrogen) atoms. The van der Waals surface area contributed by atoms with E-state index in [-0.39, 0.29) is 6.04 Å². The number of hydrogen-bond donors (Lipinski definition) is 0. The van der Waals surface area contributed by atoms with E-state index < -0.39 is 11.7 Å². The van der Waals surface area contributed by atoms with Crippen LogP contribution in [0.3, 0.4) is 0 Å². The highest BCUT2D eigenvalue weighted by Crippen LogP contribution is 2.39. The Morgan fingerprint density at radius 2 is 1.46 bits per heavy atom. The molecule has 9 heteroatoms. The lowest BCUT2D eigenvalue weighted by Crippen LogP contribution is -2.47. The van der Waals surface area contributed by atoms with Crippen molar-refractivity contribution in [3.8, 4) is 11.4 Å². The molecule has 0 atom stereocenters. The topological polar surface area (TPSA) is 50.1 Å². The molecule has 6 nitrogen and oxygen atoms in total. The fraction of sp³-hybridized carbons (Fsp3) is 0.393. The van der Waals surface area contributed by atoms with Gasteiger partial charge in [-0.05, 0) is 44.0 Å². The molecule has 0 unspecified atom stereocenters. The van der Waals surface area contributed by atoms with Crippen molar-refractivity contribution < 1.29 is 13.2 Å². The number of aryl methyl sites for hydroxylation is 1. The number of hydrogen-bond acceptors (Lipinski definition) is 5. The van der Waals surface area contributed by atoms with Gasteiger partial charge < -0.3 is 14.4 Å². The first kappa shape index (κ1) is 23.8. The fourth-order valence-corrected chi connectivity index (χ4v) is 5.58. The molecule has 6 rings (SSSR count). The van der Waals surface area contributed by atoms with Gasteiger partial charge in [0.2, 0.25) is 0 Å². The number of rotatable bonds is 4. The van der Waals surface area contributed by atoms with Crippen LogP contribution < -0.4 is 9.80 Å². The Balaban J connectivity index is 1.35. The zero-order valence-corrected chi connectivity index (χ0v) is 20.7. The van der Waals surface area contributed by atoms with Crippen LogP contribution in [-0.4, -0.2) is 45.7 Å². The Morgan fingerprint density at radius 3 is 2.11 bits per heavy atom. The van der Waals surface area contributed by atoms with Gasteiger partial charge in [-0.25, -0.2) is 15.0 Å². The van der Waals surface area contributed by atoms with Gasteiger partial charge >= 0.3 is 6.18 Å². The highest BCUT2D eigenvalue weighted by molar-refractivity contribution is 5.87. The maximum absolute atomic E-state index is 13.2. The average molecular weight is 507 g/mol. The summed E-state index contributed by atoms with van der Waals surface area (Å²) in [6, 6.07) is 14.1. The first-order chi connectivity index (χ1) is 17.9. The molecule has 0 radical (unpaired) electrons. The van der Waals surface area contributed by atoms with E-state index in [1.165, 1.54) is 23.4 Å². The maximum atomic E-state index is 13.2. The quantitative estimate of drug-likeness (QED) is 0.327. The summed E-state index contributed by atoms with van der Waals surface area (Å²) >= 11 is 0. The van der Waals surface area contributed by atoms with E-state index in [9.17, 15) is 13.2 Å². The van der Waals surface area contributed by atoms with Gasteiger partial charge in [-0.1, -0.05) is 42.7 Å². The van der Waals surface area contributed by atoms with E-state index in [1.54, 1.807) is 6.33 Å². The fourth-order valence-electron chi connectivity index (χ4n) is 5.58. The Morgan fingerprint density at radius 1 is 0.811 bits per heavy atom. The second-order valence-corrected chi connectivity index (χ2v) is 10.00. The third-order valence-electron chi connectivity index (χ3n) is 7.60. The van der Waals surface area contributed by atoms with E-state index in [1.807, 2.05) is 0 Å². The molecule has 4 aromatic rings. The Kier molecular flexibility index (Phi) is 6.01. The van der Waals surface area contributed by atoms with E-state index in [4.69, 9.17) is 4.98 Å². The van der Waals surface area contributed by atoms with Crippen molar-refractivity contribution in [3.05, 3.63) is 66.0 Å². The number of piperazine rings is 1. The zero-order valence-electron chi connectivity index (χ0n) is 20.7. The molecule has 3 heterocycles. The van der Waals surface area contributed by atoms with Crippen LogP contribution in [0.5, 0.6) is 0 Å². The van der Waals surface area contributed by atoms with Crippen LogP contribution in [0.1, 0.15) is 42.9 Å². The number of nitrogens with zero attached hydrogens (tertiary/aromatic N) is 6. The Hall–Kier alpha value is -3.62. The maximum Gasteiger partial charge on any atom is 0.416 e. The highest BCUT2D eigenvalue weighted by atomic mass is 19.4. The van der Waals surface area contributed by atoms with Crippen molar-refractivity contribution >= 4 is 22.7 Å². The molecule has 0 spiro atoms. The normalized spacial score (nSPS) is 17.2. The summed E-state index contributed by atoms with van der Waals surface area (Å²) in [7, 11) is 0. The van der Waals surface area contributed by atoms with Crippen molar-refractivity contribution in [1.82, 2.24) is 19.5 Å². The summed E-state index contributed by atoms with van der Waals surface area (Å²) < 4.78 is 41.7. The summed E-state index contributed by atoms with van der Waals surface area (Å²) in [5, 5.41) is 0. The summed E-state index contributed by atoms with van der Waals surface area (Å²) in [4.78, 5) is 18.9. The molecule has 0 N–H and O–H groups in total. The molecule has 0 bridgehead atoms. The van der Waals surface area contributed by atoms with E-state index in [0.717, 1.165) is 75.5 Å². The van der Waals surface area contributed by atoms with Gasteiger partial charge in [0.15, 0.2) is 17.0 Å². The molecule has 2 aromatic heterocycles. The number of fused-ring (bicyclic) bond motifs is 1. The molecule has 2 aromatic carbocycles. The van der Waals surface area contributed by atoms with Crippen LogP contribution >= 0.6 is 0 Å². The SMILES string of the molecule is Cc1ccc(N2CCN(c3ncnc4c3nc(-c3ccc(C(F)(F)F)cc3)n4C3CCCC3)CC2)cc1.